The van der Waals surface area contributed by atoms with E-state index in [2.05, 4.69) is 10.3 Å². The molecule has 0 spiro atoms. The van der Waals surface area contributed by atoms with Crippen molar-refractivity contribution in [2.45, 2.75) is 26.1 Å². The van der Waals surface area contributed by atoms with E-state index in [1.54, 1.807) is 18.3 Å². The molecule has 0 unspecified atom stereocenters. The van der Waals surface area contributed by atoms with E-state index in [1.807, 2.05) is 43.0 Å². The van der Waals surface area contributed by atoms with Crippen LogP contribution in [0.1, 0.15) is 24.2 Å². The number of anilines is 2. The van der Waals surface area contributed by atoms with Crippen LogP contribution in [-0.2, 0) is 4.74 Å². The molecule has 24 heavy (non-hydrogen) atoms. The van der Waals surface area contributed by atoms with Gasteiger partial charge in [0, 0.05) is 30.0 Å². The number of ether oxygens (including phenoxy) is 1. The molecule has 5 nitrogen and oxygen atoms in total. The molecule has 3 rings (SSSR count). The van der Waals surface area contributed by atoms with Gasteiger partial charge in [0.15, 0.2) is 0 Å². The average molecular weight is 346 g/mol. The molecule has 1 aromatic carbocycles. The van der Waals surface area contributed by atoms with Gasteiger partial charge in [0.2, 0.25) is 0 Å². The van der Waals surface area contributed by atoms with Crippen LogP contribution in [0.2, 0.25) is 5.02 Å². The highest BCUT2D eigenvalue weighted by Crippen LogP contribution is 2.19. The van der Waals surface area contributed by atoms with Crippen molar-refractivity contribution in [3.8, 4) is 0 Å². The van der Waals surface area contributed by atoms with E-state index in [1.165, 1.54) is 0 Å². The predicted octanol–water partition coefficient (Wildman–Crippen LogP) is 3.73. The van der Waals surface area contributed by atoms with Gasteiger partial charge in [0.1, 0.15) is 5.82 Å². The highest BCUT2D eigenvalue weighted by atomic mass is 35.5. The topological polar surface area (TPSA) is 54.5 Å². The molecule has 126 valence electrons. The number of halogens is 1. The third-order valence-corrected chi connectivity index (χ3v) is 4.09. The van der Waals surface area contributed by atoms with Gasteiger partial charge in [-0.3, -0.25) is 4.79 Å². The van der Waals surface area contributed by atoms with Crippen molar-refractivity contribution in [1.82, 2.24) is 9.88 Å². The van der Waals surface area contributed by atoms with E-state index in [4.69, 9.17) is 16.3 Å². The monoisotopic (exact) mass is 345 g/mol. The van der Waals surface area contributed by atoms with Crippen LogP contribution >= 0.6 is 11.6 Å². The van der Waals surface area contributed by atoms with E-state index >= 15 is 0 Å². The average Bonchev–Trinajstić information content (AvgIpc) is 2.56. The molecule has 1 fully saturated rings. The van der Waals surface area contributed by atoms with Gasteiger partial charge in [0.25, 0.3) is 5.91 Å². The van der Waals surface area contributed by atoms with Crippen molar-refractivity contribution >= 4 is 29.0 Å². The molecule has 1 amide bonds. The number of pyridine rings is 1. The van der Waals surface area contributed by atoms with Crippen molar-refractivity contribution in [3.05, 3.63) is 53.2 Å². The SMILES string of the molecule is C[C@@H]1CN(C(=O)c2ccc(Nc3ccc(Cl)cc3)nc2)C[C@H](C)O1. The van der Waals surface area contributed by atoms with Crippen LogP contribution < -0.4 is 5.32 Å². The summed E-state index contributed by atoms with van der Waals surface area (Å²) in [5.74, 6) is 0.667. The largest absolute Gasteiger partial charge is 0.372 e. The summed E-state index contributed by atoms with van der Waals surface area (Å²) >= 11 is 5.87. The number of hydrogen-bond donors (Lipinski definition) is 1. The molecule has 1 aromatic heterocycles. The lowest BCUT2D eigenvalue weighted by Gasteiger charge is -2.35. The molecule has 0 radical (unpaired) electrons. The maximum Gasteiger partial charge on any atom is 0.255 e. The number of nitrogens with zero attached hydrogens (tertiary/aromatic N) is 2. The summed E-state index contributed by atoms with van der Waals surface area (Å²) < 4.78 is 5.67. The Labute approximate surface area is 146 Å². The van der Waals surface area contributed by atoms with Gasteiger partial charge in [-0.1, -0.05) is 11.6 Å². The summed E-state index contributed by atoms with van der Waals surface area (Å²) in [7, 11) is 0. The molecule has 1 aliphatic heterocycles. The number of aromatic nitrogens is 1. The lowest BCUT2D eigenvalue weighted by atomic mass is 10.2. The minimum Gasteiger partial charge on any atom is -0.372 e. The number of hydrogen-bond acceptors (Lipinski definition) is 4. The van der Waals surface area contributed by atoms with Gasteiger partial charge < -0.3 is 15.0 Å². The Morgan fingerprint density at radius 2 is 1.83 bits per heavy atom. The number of benzene rings is 1. The number of rotatable bonds is 3. The Bertz CT molecular complexity index is 693. The van der Waals surface area contributed by atoms with E-state index in [-0.39, 0.29) is 18.1 Å². The molecule has 1 N–H and O–H groups in total. The fourth-order valence-corrected chi connectivity index (χ4v) is 2.93. The van der Waals surface area contributed by atoms with Crippen LogP contribution in [-0.4, -0.2) is 41.1 Å². The minimum absolute atomic E-state index is 0.0115. The van der Waals surface area contributed by atoms with Crippen LogP contribution in [0.15, 0.2) is 42.6 Å². The fraction of sp³-hybridized carbons (Fsp3) is 0.333. The molecule has 6 heteroatoms. The maximum absolute atomic E-state index is 12.6. The highest BCUT2D eigenvalue weighted by molar-refractivity contribution is 6.30. The first kappa shape index (κ1) is 16.7. The predicted molar refractivity (Wildman–Crippen MR) is 94.9 cm³/mol. The molecule has 1 saturated heterocycles. The van der Waals surface area contributed by atoms with Crippen LogP contribution in [0.25, 0.3) is 0 Å². The molecule has 2 aromatic rings. The molecule has 0 bridgehead atoms. The van der Waals surface area contributed by atoms with Gasteiger partial charge in [-0.15, -0.1) is 0 Å². The zero-order valence-corrected chi connectivity index (χ0v) is 14.5. The molecule has 1 aliphatic rings. The lowest BCUT2D eigenvalue weighted by Crippen LogP contribution is -2.48. The molecular formula is C18H20ClN3O2. The summed E-state index contributed by atoms with van der Waals surface area (Å²) in [6, 6.07) is 11.0. The first-order valence-corrected chi connectivity index (χ1v) is 8.32. The molecule has 0 aliphatic carbocycles. The second-order valence-electron chi connectivity index (χ2n) is 6.03. The van der Waals surface area contributed by atoms with E-state index in [0.717, 1.165) is 5.69 Å². The van der Waals surface area contributed by atoms with Crippen LogP contribution in [0.3, 0.4) is 0 Å². The third kappa shape index (κ3) is 4.04. The Morgan fingerprint density at radius 3 is 2.42 bits per heavy atom. The Morgan fingerprint density at radius 1 is 1.17 bits per heavy atom. The lowest BCUT2D eigenvalue weighted by molar-refractivity contribution is -0.0586. The van der Waals surface area contributed by atoms with Gasteiger partial charge >= 0.3 is 0 Å². The first-order chi connectivity index (χ1) is 11.5. The number of morpholine rings is 1. The number of amides is 1. The van der Waals surface area contributed by atoms with Crippen molar-refractivity contribution in [2.75, 3.05) is 18.4 Å². The van der Waals surface area contributed by atoms with Crippen molar-refractivity contribution in [2.24, 2.45) is 0 Å². The van der Waals surface area contributed by atoms with E-state index in [0.29, 0.717) is 29.5 Å². The van der Waals surface area contributed by atoms with Crippen LogP contribution in [0.4, 0.5) is 11.5 Å². The van der Waals surface area contributed by atoms with E-state index < -0.39 is 0 Å². The number of nitrogens with one attached hydrogen (secondary N) is 1. The molecule has 0 saturated carbocycles. The molecule has 2 heterocycles. The zero-order chi connectivity index (χ0) is 17.1. The van der Waals surface area contributed by atoms with Gasteiger partial charge in [-0.25, -0.2) is 4.98 Å². The Balaban J connectivity index is 1.67. The summed E-state index contributed by atoms with van der Waals surface area (Å²) in [4.78, 5) is 18.7. The van der Waals surface area contributed by atoms with Gasteiger partial charge in [-0.2, -0.15) is 0 Å². The van der Waals surface area contributed by atoms with Crippen LogP contribution in [0.5, 0.6) is 0 Å². The van der Waals surface area contributed by atoms with Gasteiger partial charge in [-0.05, 0) is 50.2 Å². The second-order valence-corrected chi connectivity index (χ2v) is 6.47. The number of carbonyl (C=O) groups is 1. The summed E-state index contributed by atoms with van der Waals surface area (Å²) in [5, 5.41) is 3.86. The van der Waals surface area contributed by atoms with E-state index in [9.17, 15) is 4.79 Å². The van der Waals surface area contributed by atoms with Crippen molar-refractivity contribution < 1.29 is 9.53 Å². The Kier molecular flexibility index (Phi) is 5.02. The maximum atomic E-state index is 12.6. The molecule has 2 atom stereocenters. The smallest absolute Gasteiger partial charge is 0.255 e. The highest BCUT2D eigenvalue weighted by Gasteiger charge is 2.26. The quantitative estimate of drug-likeness (QED) is 0.921. The minimum atomic E-state index is -0.0115. The second kappa shape index (κ2) is 7.20. The standard InChI is InChI=1S/C18H20ClN3O2/c1-12-10-22(11-13(2)24-12)18(23)14-3-8-17(20-9-14)21-16-6-4-15(19)5-7-16/h3-9,12-13H,10-11H2,1-2H3,(H,20,21)/t12-,13+. The van der Waals surface area contributed by atoms with Gasteiger partial charge in [0.05, 0.1) is 17.8 Å². The Hall–Kier alpha value is -2.11. The fourth-order valence-electron chi connectivity index (χ4n) is 2.80. The first-order valence-electron chi connectivity index (χ1n) is 7.94. The van der Waals surface area contributed by atoms with Crippen molar-refractivity contribution in [3.63, 3.8) is 0 Å². The van der Waals surface area contributed by atoms with Crippen LogP contribution in [0, 0.1) is 0 Å². The number of carbonyl (C=O) groups excluding carboxylic acids is 1. The zero-order valence-electron chi connectivity index (χ0n) is 13.7. The normalized spacial score (nSPS) is 20.7. The summed E-state index contributed by atoms with van der Waals surface area (Å²) in [6.07, 6.45) is 1.71. The third-order valence-electron chi connectivity index (χ3n) is 3.83. The molecular weight excluding hydrogens is 326 g/mol. The summed E-state index contributed by atoms with van der Waals surface area (Å²) in [6.45, 7) is 5.17. The van der Waals surface area contributed by atoms with Crippen molar-refractivity contribution in [1.29, 1.82) is 0 Å². The summed E-state index contributed by atoms with van der Waals surface area (Å²) in [5.41, 5.74) is 1.47.